The second kappa shape index (κ2) is 5.51. The van der Waals surface area contributed by atoms with Gasteiger partial charge in [0.05, 0.1) is 12.7 Å². The van der Waals surface area contributed by atoms with E-state index in [-0.39, 0.29) is 6.10 Å². The van der Waals surface area contributed by atoms with Gasteiger partial charge in [-0.1, -0.05) is 13.3 Å². The Morgan fingerprint density at radius 2 is 2.33 bits per heavy atom. The van der Waals surface area contributed by atoms with Gasteiger partial charge in [0.25, 0.3) is 0 Å². The van der Waals surface area contributed by atoms with Gasteiger partial charge < -0.3 is 14.6 Å². The molecule has 0 spiro atoms. The molecule has 1 rings (SSSR count). The van der Waals surface area contributed by atoms with Crippen LogP contribution in [0.3, 0.4) is 0 Å². The normalized spacial score (nSPS) is 30.5. The molecule has 1 aliphatic heterocycles. The van der Waals surface area contributed by atoms with E-state index in [0.29, 0.717) is 13.0 Å². The minimum Gasteiger partial charge on any atom is -0.376 e. The average Bonchev–Trinajstić information content (AvgIpc) is 2.09. The van der Waals surface area contributed by atoms with Crippen molar-refractivity contribution in [1.29, 1.82) is 0 Å². The van der Waals surface area contributed by atoms with Gasteiger partial charge in [0, 0.05) is 13.0 Å². The molecule has 0 aromatic heterocycles. The lowest BCUT2D eigenvalue weighted by molar-refractivity contribution is -0.167. The maximum absolute atomic E-state index is 9.02. The Morgan fingerprint density at radius 1 is 1.50 bits per heavy atom. The topological polar surface area (TPSA) is 38.7 Å². The standard InChI is InChI=1S/C9H18O3/c1-2-3-6-11-8-4-5-9(10)12-7-8/h8-10H,2-7H2,1H3/t8-,9+/m0/s1. The van der Waals surface area contributed by atoms with Gasteiger partial charge in [-0.05, 0) is 12.8 Å². The molecule has 1 heterocycles. The molecule has 2 atom stereocenters. The van der Waals surface area contributed by atoms with Crippen molar-refractivity contribution in [2.75, 3.05) is 13.2 Å². The van der Waals surface area contributed by atoms with Crippen molar-refractivity contribution in [3.8, 4) is 0 Å². The van der Waals surface area contributed by atoms with Crippen molar-refractivity contribution in [2.24, 2.45) is 0 Å². The molecule has 3 nitrogen and oxygen atoms in total. The average molecular weight is 174 g/mol. The highest BCUT2D eigenvalue weighted by Gasteiger charge is 2.19. The van der Waals surface area contributed by atoms with Crippen LogP contribution >= 0.6 is 0 Å². The molecule has 1 aliphatic rings. The molecular weight excluding hydrogens is 156 g/mol. The second-order valence-corrected chi connectivity index (χ2v) is 3.21. The highest BCUT2D eigenvalue weighted by Crippen LogP contribution is 2.14. The SMILES string of the molecule is CCCCO[C@H]1CC[C@H](O)OC1. The van der Waals surface area contributed by atoms with E-state index < -0.39 is 6.29 Å². The van der Waals surface area contributed by atoms with Crippen LogP contribution in [0, 0.1) is 0 Å². The molecule has 1 saturated heterocycles. The molecule has 12 heavy (non-hydrogen) atoms. The van der Waals surface area contributed by atoms with Crippen molar-refractivity contribution in [3.05, 3.63) is 0 Å². The van der Waals surface area contributed by atoms with Gasteiger partial charge in [-0.2, -0.15) is 0 Å². The molecule has 0 amide bonds. The van der Waals surface area contributed by atoms with Crippen LogP contribution in [0.1, 0.15) is 32.6 Å². The molecule has 0 aromatic carbocycles. The molecule has 0 radical (unpaired) electrons. The van der Waals surface area contributed by atoms with Gasteiger partial charge >= 0.3 is 0 Å². The van der Waals surface area contributed by atoms with Crippen LogP contribution in [-0.4, -0.2) is 30.7 Å². The zero-order valence-corrected chi connectivity index (χ0v) is 7.66. The first kappa shape index (κ1) is 9.96. The second-order valence-electron chi connectivity index (χ2n) is 3.21. The molecular formula is C9H18O3. The number of rotatable bonds is 4. The van der Waals surface area contributed by atoms with Gasteiger partial charge in [-0.25, -0.2) is 0 Å². The summed E-state index contributed by atoms with van der Waals surface area (Å²) in [6.45, 7) is 3.51. The maximum atomic E-state index is 9.02. The van der Waals surface area contributed by atoms with Crippen LogP contribution in [0.5, 0.6) is 0 Å². The van der Waals surface area contributed by atoms with Crippen LogP contribution in [-0.2, 0) is 9.47 Å². The molecule has 1 N–H and O–H groups in total. The third-order valence-electron chi connectivity index (χ3n) is 2.06. The molecule has 0 aromatic rings. The Hall–Kier alpha value is -0.120. The Kier molecular flexibility index (Phi) is 4.58. The lowest BCUT2D eigenvalue weighted by Gasteiger charge is -2.25. The number of ether oxygens (including phenoxy) is 2. The first-order valence-corrected chi connectivity index (χ1v) is 4.74. The lowest BCUT2D eigenvalue weighted by atomic mass is 10.1. The monoisotopic (exact) mass is 174 g/mol. The van der Waals surface area contributed by atoms with Crippen LogP contribution in [0.25, 0.3) is 0 Å². The van der Waals surface area contributed by atoms with Crippen molar-refractivity contribution in [1.82, 2.24) is 0 Å². The van der Waals surface area contributed by atoms with Crippen molar-refractivity contribution >= 4 is 0 Å². The fraction of sp³-hybridized carbons (Fsp3) is 1.00. The van der Waals surface area contributed by atoms with Crippen LogP contribution < -0.4 is 0 Å². The lowest BCUT2D eigenvalue weighted by Crippen LogP contribution is -2.31. The minimum atomic E-state index is -0.559. The summed E-state index contributed by atoms with van der Waals surface area (Å²) < 4.78 is 10.6. The number of hydrogen-bond donors (Lipinski definition) is 1. The Balaban J connectivity index is 2.01. The first-order chi connectivity index (χ1) is 5.83. The van der Waals surface area contributed by atoms with E-state index in [9.17, 15) is 0 Å². The molecule has 0 saturated carbocycles. The van der Waals surface area contributed by atoms with Gasteiger partial charge in [-0.15, -0.1) is 0 Å². The van der Waals surface area contributed by atoms with Gasteiger partial charge in [0.2, 0.25) is 0 Å². The summed E-state index contributed by atoms with van der Waals surface area (Å²) >= 11 is 0. The number of unbranched alkanes of at least 4 members (excludes halogenated alkanes) is 1. The van der Waals surface area contributed by atoms with E-state index in [1.54, 1.807) is 0 Å². The van der Waals surface area contributed by atoms with Crippen molar-refractivity contribution in [2.45, 2.75) is 45.0 Å². The number of aliphatic hydroxyl groups is 1. The predicted octanol–water partition coefficient (Wildman–Crippen LogP) is 1.30. The fourth-order valence-electron chi connectivity index (χ4n) is 1.24. The summed E-state index contributed by atoms with van der Waals surface area (Å²) in [5.74, 6) is 0. The van der Waals surface area contributed by atoms with E-state index in [0.717, 1.165) is 25.9 Å². The maximum Gasteiger partial charge on any atom is 0.154 e. The van der Waals surface area contributed by atoms with E-state index in [4.69, 9.17) is 14.6 Å². The van der Waals surface area contributed by atoms with Gasteiger partial charge in [0.1, 0.15) is 0 Å². The summed E-state index contributed by atoms with van der Waals surface area (Å²) in [6.07, 6.45) is 3.55. The number of aliphatic hydroxyl groups excluding tert-OH is 1. The summed E-state index contributed by atoms with van der Waals surface area (Å²) in [5, 5.41) is 9.02. The summed E-state index contributed by atoms with van der Waals surface area (Å²) in [7, 11) is 0. The molecule has 1 fully saturated rings. The molecule has 0 aliphatic carbocycles. The van der Waals surface area contributed by atoms with Gasteiger partial charge in [-0.3, -0.25) is 0 Å². The predicted molar refractivity (Wildman–Crippen MR) is 45.8 cm³/mol. The highest BCUT2D eigenvalue weighted by molar-refractivity contribution is 4.64. The van der Waals surface area contributed by atoms with Crippen LogP contribution in [0.15, 0.2) is 0 Å². The minimum absolute atomic E-state index is 0.208. The fourth-order valence-corrected chi connectivity index (χ4v) is 1.24. The third-order valence-corrected chi connectivity index (χ3v) is 2.06. The summed E-state index contributed by atoms with van der Waals surface area (Å²) in [5.41, 5.74) is 0. The quantitative estimate of drug-likeness (QED) is 0.653. The zero-order valence-electron chi connectivity index (χ0n) is 7.66. The van der Waals surface area contributed by atoms with Crippen molar-refractivity contribution < 1.29 is 14.6 Å². The van der Waals surface area contributed by atoms with Crippen LogP contribution in [0.2, 0.25) is 0 Å². The Bertz CT molecular complexity index is 108. The first-order valence-electron chi connectivity index (χ1n) is 4.74. The molecule has 72 valence electrons. The Morgan fingerprint density at radius 3 is 2.92 bits per heavy atom. The Labute approximate surface area is 73.7 Å². The molecule has 0 unspecified atom stereocenters. The molecule has 3 heteroatoms. The van der Waals surface area contributed by atoms with Crippen molar-refractivity contribution in [3.63, 3.8) is 0 Å². The van der Waals surface area contributed by atoms with Gasteiger partial charge in [0.15, 0.2) is 6.29 Å². The van der Waals surface area contributed by atoms with E-state index in [1.807, 2.05) is 0 Å². The number of hydrogen-bond acceptors (Lipinski definition) is 3. The van der Waals surface area contributed by atoms with Crippen LogP contribution in [0.4, 0.5) is 0 Å². The largest absolute Gasteiger partial charge is 0.376 e. The summed E-state index contributed by atoms with van der Waals surface area (Å²) in [6, 6.07) is 0. The van der Waals surface area contributed by atoms with E-state index in [2.05, 4.69) is 6.92 Å². The highest BCUT2D eigenvalue weighted by atomic mass is 16.6. The van der Waals surface area contributed by atoms with E-state index in [1.165, 1.54) is 0 Å². The molecule has 0 bridgehead atoms. The van der Waals surface area contributed by atoms with E-state index >= 15 is 0 Å². The zero-order chi connectivity index (χ0) is 8.81. The smallest absolute Gasteiger partial charge is 0.154 e. The third kappa shape index (κ3) is 3.52. The summed E-state index contributed by atoms with van der Waals surface area (Å²) in [4.78, 5) is 0.